The number of hydrogen-bond donors (Lipinski definition) is 1. The Labute approximate surface area is 131 Å². The molecule has 0 aliphatic carbocycles. The molecule has 114 valence electrons. The summed E-state index contributed by atoms with van der Waals surface area (Å²) in [6, 6.07) is 6.48. The molecule has 1 atom stereocenters. The van der Waals surface area contributed by atoms with E-state index >= 15 is 0 Å². The molecule has 0 aromatic heterocycles. The van der Waals surface area contributed by atoms with E-state index < -0.39 is 0 Å². The molecule has 0 fully saturated rings. The summed E-state index contributed by atoms with van der Waals surface area (Å²) in [5.74, 6) is 0.871. The summed E-state index contributed by atoms with van der Waals surface area (Å²) >= 11 is 3.62. The van der Waals surface area contributed by atoms with Crippen LogP contribution in [0.2, 0.25) is 0 Å². The van der Waals surface area contributed by atoms with Crippen molar-refractivity contribution < 1.29 is 9.47 Å². The molecule has 0 radical (unpaired) electrons. The van der Waals surface area contributed by atoms with Gasteiger partial charge in [0, 0.05) is 10.5 Å². The molecule has 0 aliphatic heterocycles. The zero-order valence-corrected chi connectivity index (χ0v) is 14.5. The zero-order valence-electron chi connectivity index (χ0n) is 12.9. The van der Waals surface area contributed by atoms with Gasteiger partial charge in [-0.05, 0) is 51.4 Å². The molecule has 1 aromatic carbocycles. The largest absolute Gasteiger partial charge is 0.491 e. The molecule has 0 saturated heterocycles. The summed E-state index contributed by atoms with van der Waals surface area (Å²) in [6.07, 6.45) is 1.39. The molecule has 1 aromatic rings. The van der Waals surface area contributed by atoms with Crippen LogP contribution in [-0.2, 0) is 4.74 Å². The first-order valence-corrected chi connectivity index (χ1v) is 8.11. The molecule has 4 heteroatoms. The summed E-state index contributed by atoms with van der Waals surface area (Å²) in [5.41, 5.74) is 1.25. The lowest BCUT2D eigenvalue weighted by Crippen LogP contribution is -2.19. The molecule has 1 N–H and O–H groups in total. The molecule has 0 amide bonds. The van der Waals surface area contributed by atoms with E-state index in [0.717, 1.165) is 23.2 Å². The van der Waals surface area contributed by atoms with Crippen LogP contribution in [-0.4, -0.2) is 25.9 Å². The normalized spacial score (nSPS) is 12.7. The second kappa shape index (κ2) is 9.37. The number of nitrogens with one attached hydrogen (secondary N) is 1. The Kier molecular flexibility index (Phi) is 8.19. The molecule has 1 rings (SSSR count). The van der Waals surface area contributed by atoms with Gasteiger partial charge in [0.1, 0.15) is 12.4 Å². The third kappa shape index (κ3) is 6.25. The summed E-state index contributed by atoms with van der Waals surface area (Å²) in [7, 11) is 0. The molecular formula is C16H26BrNO2. The monoisotopic (exact) mass is 343 g/mol. The van der Waals surface area contributed by atoms with Crippen LogP contribution in [0.1, 0.15) is 45.7 Å². The minimum atomic E-state index is 0.248. The Hall–Kier alpha value is -0.580. The van der Waals surface area contributed by atoms with Gasteiger partial charge in [0.2, 0.25) is 0 Å². The van der Waals surface area contributed by atoms with Crippen molar-refractivity contribution in [3.8, 4) is 5.75 Å². The lowest BCUT2D eigenvalue weighted by molar-refractivity contribution is 0.0552. The second-order valence-electron chi connectivity index (χ2n) is 5.13. The highest BCUT2D eigenvalue weighted by Crippen LogP contribution is 2.27. The molecule has 0 aliphatic rings. The first-order valence-electron chi connectivity index (χ1n) is 7.31. The average molecular weight is 344 g/mol. The third-order valence-corrected chi connectivity index (χ3v) is 3.63. The van der Waals surface area contributed by atoms with Gasteiger partial charge in [-0.3, -0.25) is 0 Å². The molecule has 0 heterocycles. The third-order valence-electron chi connectivity index (χ3n) is 2.94. The smallest absolute Gasteiger partial charge is 0.120 e. The topological polar surface area (TPSA) is 30.5 Å². The van der Waals surface area contributed by atoms with Gasteiger partial charge in [0.15, 0.2) is 0 Å². The first kappa shape index (κ1) is 17.5. The van der Waals surface area contributed by atoms with E-state index in [2.05, 4.69) is 41.2 Å². The van der Waals surface area contributed by atoms with E-state index in [1.807, 2.05) is 26.0 Å². The molecule has 3 nitrogen and oxygen atoms in total. The molecule has 0 spiro atoms. The number of halogens is 1. The maximum absolute atomic E-state index is 5.68. The quantitative estimate of drug-likeness (QED) is 0.677. The van der Waals surface area contributed by atoms with E-state index in [-0.39, 0.29) is 6.10 Å². The van der Waals surface area contributed by atoms with Crippen LogP contribution in [0.3, 0.4) is 0 Å². The van der Waals surface area contributed by atoms with Gasteiger partial charge in [-0.25, -0.2) is 0 Å². The maximum atomic E-state index is 5.68. The number of hydrogen-bond acceptors (Lipinski definition) is 3. The number of rotatable bonds is 9. The standard InChI is InChI=1S/C16H26BrNO2/c1-5-8-18-13(4)15-7-6-14(11-16(15)17)20-10-9-19-12(2)3/h6-7,11-13,18H,5,8-10H2,1-4H3. The van der Waals surface area contributed by atoms with E-state index in [1.54, 1.807) is 0 Å². The van der Waals surface area contributed by atoms with Crippen LogP contribution in [0.4, 0.5) is 0 Å². The predicted molar refractivity (Wildman–Crippen MR) is 87.4 cm³/mol. The van der Waals surface area contributed by atoms with Crippen molar-refractivity contribution in [2.75, 3.05) is 19.8 Å². The van der Waals surface area contributed by atoms with Crippen molar-refractivity contribution >= 4 is 15.9 Å². The fraction of sp³-hybridized carbons (Fsp3) is 0.625. The molecular weight excluding hydrogens is 318 g/mol. The predicted octanol–water partition coefficient (Wildman–Crippen LogP) is 4.31. The van der Waals surface area contributed by atoms with Crippen molar-refractivity contribution in [2.45, 2.75) is 46.3 Å². The van der Waals surface area contributed by atoms with Gasteiger partial charge >= 0.3 is 0 Å². The van der Waals surface area contributed by atoms with Crippen LogP contribution in [0, 0.1) is 0 Å². The first-order chi connectivity index (χ1) is 9.54. The van der Waals surface area contributed by atoms with Gasteiger partial charge in [0.05, 0.1) is 12.7 Å². The van der Waals surface area contributed by atoms with E-state index in [4.69, 9.17) is 9.47 Å². The highest BCUT2D eigenvalue weighted by Gasteiger charge is 2.09. The number of benzene rings is 1. The Morgan fingerprint density at radius 2 is 1.95 bits per heavy atom. The Balaban J connectivity index is 2.50. The minimum Gasteiger partial charge on any atom is -0.491 e. The fourth-order valence-electron chi connectivity index (χ4n) is 1.86. The molecule has 20 heavy (non-hydrogen) atoms. The van der Waals surface area contributed by atoms with Crippen molar-refractivity contribution in [1.82, 2.24) is 5.32 Å². The lowest BCUT2D eigenvalue weighted by atomic mass is 10.1. The van der Waals surface area contributed by atoms with Crippen molar-refractivity contribution in [1.29, 1.82) is 0 Å². The van der Waals surface area contributed by atoms with Crippen LogP contribution in [0.15, 0.2) is 22.7 Å². The van der Waals surface area contributed by atoms with Gasteiger partial charge in [-0.2, -0.15) is 0 Å². The van der Waals surface area contributed by atoms with Crippen LogP contribution in [0.5, 0.6) is 5.75 Å². The summed E-state index contributed by atoms with van der Waals surface area (Å²) in [4.78, 5) is 0. The van der Waals surface area contributed by atoms with Crippen LogP contribution < -0.4 is 10.1 Å². The van der Waals surface area contributed by atoms with Gasteiger partial charge < -0.3 is 14.8 Å². The summed E-state index contributed by atoms with van der Waals surface area (Å²) < 4.78 is 12.2. The molecule has 0 saturated carbocycles. The zero-order chi connectivity index (χ0) is 15.0. The van der Waals surface area contributed by atoms with E-state index in [0.29, 0.717) is 19.3 Å². The van der Waals surface area contributed by atoms with Gasteiger partial charge in [-0.15, -0.1) is 0 Å². The Morgan fingerprint density at radius 1 is 1.20 bits per heavy atom. The summed E-state index contributed by atoms with van der Waals surface area (Å²) in [6.45, 7) is 10.6. The molecule has 1 unspecified atom stereocenters. The highest BCUT2D eigenvalue weighted by atomic mass is 79.9. The highest BCUT2D eigenvalue weighted by molar-refractivity contribution is 9.10. The second-order valence-corrected chi connectivity index (χ2v) is 5.98. The number of ether oxygens (including phenoxy) is 2. The van der Waals surface area contributed by atoms with Crippen molar-refractivity contribution in [3.63, 3.8) is 0 Å². The van der Waals surface area contributed by atoms with Crippen LogP contribution in [0.25, 0.3) is 0 Å². The Morgan fingerprint density at radius 3 is 2.55 bits per heavy atom. The van der Waals surface area contributed by atoms with Gasteiger partial charge in [0.25, 0.3) is 0 Å². The van der Waals surface area contributed by atoms with Gasteiger partial charge in [-0.1, -0.05) is 28.9 Å². The van der Waals surface area contributed by atoms with Crippen molar-refractivity contribution in [2.24, 2.45) is 0 Å². The van der Waals surface area contributed by atoms with Crippen molar-refractivity contribution in [3.05, 3.63) is 28.2 Å². The summed E-state index contributed by atoms with van der Waals surface area (Å²) in [5, 5.41) is 3.48. The lowest BCUT2D eigenvalue weighted by Gasteiger charge is -2.16. The Bertz CT molecular complexity index is 396. The van der Waals surface area contributed by atoms with E-state index in [1.165, 1.54) is 5.56 Å². The fourth-order valence-corrected chi connectivity index (χ4v) is 2.56. The average Bonchev–Trinajstić information content (AvgIpc) is 2.41. The molecule has 0 bridgehead atoms. The maximum Gasteiger partial charge on any atom is 0.120 e. The van der Waals surface area contributed by atoms with E-state index in [9.17, 15) is 0 Å². The minimum absolute atomic E-state index is 0.248. The SMILES string of the molecule is CCCNC(C)c1ccc(OCCOC(C)C)cc1Br. The van der Waals surface area contributed by atoms with Crippen LogP contribution >= 0.6 is 15.9 Å².